The van der Waals surface area contributed by atoms with E-state index in [4.69, 9.17) is 9.72 Å². The monoisotopic (exact) mass is 717 g/mol. The molecule has 2 unspecified atom stereocenters. The number of benzene rings is 2. The Morgan fingerprint density at radius 2 is 1.88 bits per heavy atom. The van der Waals surface area contributed by atoms with Crippen molar-refractivity contribution in [1.29, 1.82) is 0 Å². The van der Waals surface area contributed by atoms with Crippen molar-refractivity contribution in [1.82, 2.24) is 24.7 Å². The van der Waals surface area contributed by atoms with Gasteiger partial charge in [-0.25, -0.2) is 9.78 Å². The van der Waals surface area contributed by atoms with E-state index in [0.717, 1.165) is 79.0 Å². The van der Waals surface area contributed by atoms with Crippen LogP contribution in [0, 0.1) is 18.8 Å². The maximum absolute atomic E-state index is 14.3. The smallest absolute Gasteiger partial charge is 0.408 e. The number of rotatable bonds is 7. The number of nitrogens with zero attached hydrogens (tertiary/aromatic N) is 4. The minimum absolute atomic E-state index is 0.0281. The van der Waals surface area contributed by atoms with Crippen LogP contribution in [-0.2, 0) is 13.1 Å². The summed E-state index contributed by atoms with van der Waals surface area (Å²) in [5, 5.41) is 15.2. The van der Waals surface area contributed by atoms with Crippen molar-refractivity contribution < 1.29 is 24.2 Å². The molecule has 1 saturated heterocycles. The summed E-state index contributed by atoms with van der Waals surface area (Å²) in [5.41, 5.74) is 6.75. The van der Waals surface area contributed by atoms with Crippen LogP contribution in [0.4, 0.5) is 4.79 Å². The third-order valence-electron chi connectivity index (χ3n) is 11.7. The number of ether oxygens (including phenoxy) is 1. The van der Waals surface area contributed by atoms with Crippen molar-refractivity contribution in [3.63, 3.8) is 0 Å². The van der Waals surface area contributed by atoms with Crippen molar-refractivity contribution in [3.8, 4) is 27.6 Å². The van der Waals surface area contributed by atoms with Gasteiger partial charge in [-0.1, -0.05) is 6.07 Å². The molecule has 268 valence electrons. The van der Waals surface area contributed by atoms with E-state index >= 15 is 0 Å². The lowest BCUT2D eigenvalue weighted by Gasteiger charge is -2.40. The standard InChI is InChI=1S/C41H43N5O5S/c1-21-34-32(51-5)16-26(39(48)45-20-25-10-13-30(45)35(25)46(40(49)50)41(2,3)4)17-33(34)52-36(21)31-15-24-9-12-29(43-37(24)44(31)19-22-6-7-22)23-8-11-28-27(14-23)18-42-38(28)47/h8-9,11-12,14-17,22,25,30,35H,6-7,10,13,18-20H2,1-5H3,(H,42,47)(H,49,50)/t25?,30?,35-/m1/s1. The number of nitrogens with one attached hydrogen (secondary N) is 1. The molecule has 3 amide bonds. The molecule has 2 aliphatic carbocycles. The predicted molar refractivity (Wildman–Crippen MR) is 202 cm³/mol. The summed E-state index contributed by atoms with van der Waals surface area (Å²) in [6.45, 7) is 9.88. The Bertz CT molecular complexity index is 2330. The van der Waals surface area contributed by atoms with Gasteiger partial charge in [0.05, 0.1) is 35.5 Å². The van der Waals surface area contributed by atoms with Gasteiger partial charge in [0.15, 0.2) is 0 Å². The first-order valence-corrected chi connectivity index (χ1v) is 19.1. The van der Waals surface area contributed by atoms with E-state index < -0.39 is 11.6 Å². The van der Waals surface area contributed by atoms with Gasteiger partial charge in [0.2, 0.25) is 0 Å². The van der Waals surface area contributed by atoms with Crippen LogP contribution in [-0.4, -0.2) is 73.6 Å². The molecule has 4 aliphatic rings. The molecule has 11 heteroatoms. The number of methoxy groups -OCH3 is 1. The van der Waals surface area contributed by atoms with E-state index in [1.807, 2.05) is 49.9 Å². The van der Waals surface area contributed by atoms with Crippen molar-refractivity contribution in [3.05, 3.63) is 70.8 Å². The Kier molecular flexibility index (Phi) is 7.49. The fourth-order valence-electron chi connectivity index (χ4n) is 9.09. The van der Waals surface area contributed by atoms with Crippen LogP contribution in [0.15, 0.2) is 48.5 Å². The lowest BCUT2D eigenvalue weighted by molar-refractivity contribution is 0.0503. The Labute approximate surface area is 306 Å². The Balaban J connectivity index is 1.10. The number of thiophene rings is 1. The molecule has 10 nitrogen and oxygen atoms in total. The summed E-state index contributed by atoms with van der Waals surface area (Å²) in [5.74, 6) is 1.30. The molecule has 2 N–H and O–H groups in total. The highest BCUT2D eigenvalue weighted by molar-refractivity contribution is 7.22. The third kappa shape index (κ3) is 5.18. The Morgan fingerprint density at radius 1 is 1.08 bits per heavy atom. The summed E-state index contributed by atoms with van der Waals surface area (Å²) in [4.78, 5) is 48.7. The van der Waals surface area contributed by atoms with Gasteiger partial charge in [-0.3, -0.25) is 14.5 Å². The average molecular weight is 718 g/mol. The number of carbonyl (C=O) groups is 3. The molecule has 52 heavy (non-hydrogen) atoms. The van der Waals surface area contributed by atoms with E-state index in [-0.39, 0.29) is 29.8 Å². The van der Waals surface area contributed by atoms with E-state index in [1.165, 1.54) is 12.8 Å². The highest BCUT2D eigenvalue weighted by atomic mass is 32.1. The van der Waals surface area contributed by atoms with Gasteiger partial charge in [-0.2, -0.15) is 0 Å². The molecule has 2 bridgehead atoms. The van der Waals surface area contributed by atoms with Gasteiger partial charge >= 0.3 is 6.09 Å². The number of piperidine rings is 1. The van der Waals surface area contributed by atoms with E-state index in [1.54, 1.807) is 23.3 Å². The van der Waals surface area contributed by atoms with Gasteiger partial charge in [0.1, 0.15) is 11.4 Å². The lowest BCUT2D eigenvalue weighted by atomic mass is 9.98. The highest BCUT2D eigenvalue weighted by Crippen LogP contribution is 2.47. The molecular weight excluding hydrogens is 675 g/mol. The summed E-state index contributed by atoms with van der Waals surface area (Å²) < 4.78 is 9.33. The molecule has 5 heterocycles. The number of amides is 3. The zero-order chi connectivity index (χ0) is 36.2. The Morgan fingerprint density at radius 3 is 2.62 bits per heavy atom. The Hall–Kier alpha value is -4.90. The second-order valence-electron chi connectivity index (χ2n) is 16.0. The molecule has 3 fully saturated rings. The molecule has 0 spiro atoms. The SMILES string of the molecule is COc1cc(C(=O)N2CC3CCC2[C@@H]3N(C(=O)O)C(C)(C)C)cc2sc(-c3cc4ccc(-c5ccc6c(c5)CNC6=O)nc4n3CC3CC3)c(C)c12. The number of aryl methyl sites for hydroxylation is 1. The van der Waals surface area contributed by atoms with Crippen molar-refractivity contribution in [2.45, 2.75) is 84.1 Å². The fourth-order valence-corrected chi connectivity index (χ4v) is 10.4. The second-order valence-corrected chi connectivity index (χ2v) is 17.1. The molecular formula is C41H43N5O5S. The fraction of sp³-hybridized carbons (Fsp3) is 0.415. The predicted octanol–water partition coefficient (Wildman–Crippen LogP) is 7.94. The molecule has 0 radical (unpaired) electrons. The van der Waals surface area contributed by atoms with E-state index in [2.05, 4.69) is 41.1 Å². The van der Waals surface area contributed by atoms with E-state index in [9.17, 15) is 19.5 Å². The topological polar surface area (TPSA) is 117 Å². The number of pyridine rings is 1. The molecule has 5 aromatic rings. The van der Waals surface area contributed by atoms with Gasteiger partial charge in [-0.05, 0) is 119 Å². The summed E-state index contributed by atoms with van der Waals surface area (Å²) >= 11 is 1.68. The first-order chi connectivity index (χ1) is 24.9. The molecule has 9 rings (SSSR count). The number of fused-ring (bicyclic) bond motifs is 5. The number of hydrogen-bond acceptors (Lipinski definition) is 6. The van der Waals surface area contributed by atoms with Crippen molar-refractivity contribution in [2.75, 3.05) is 13.7 Å². The highest BCUT2D eigenvalue weighted by Gasteiger charge is 2.54. The zero-order valence-electron chi connectivity index (χ0n) is 30.2. The molecule has 3 atom stereocenters. The molecule has 2 aliphatic heterocycles. The summed E-state index contributed by atoms with van der Waals surface area (Å²) in [7, 11) is 1.65. The number of likely N-dealkylation sites (tertiary alicyclic amines) is 1. The zero-order valence-corrected chi connectivity index (χ0v) is 31.0. The van der Waals surface area contributed by atoms with Crippen molar-refractivity contribution >= 4 is 50.4 Å². The number of carboxylic acid groups (broad SMARTS) is 1. The average Bonchev–Trinajstić information content (AvgIpc) is 3.35. The maximum Gasteiger partial charge on any atom is 0.408 e. The van der Waals surface area contributed by atoms with Crippen LogP contribution in [0.5, 0.6) is 5.75 Å². The van der Waals surface area contributed by atoms with Crippen molar-refractivity contribution in [2.24, 2.45) is 11.8 Å². The summed E-state index contributed by atoms with van der Waals surface area (Å²) in [6, 6.07) is 15.9. The van der Waals surface area contributed by atoms with Crippen LogP contribution in [0.25, 0.3) is 42.9 Å². The van der Waals surface area contributed by atoms with Crippen LogP contribution >= 0.6 is 11.3 Å². The second kappa shape index (κ2) is 11.8. The van der Waals surface area contributed by atoms with Gasteiger partial charge in [-0.15, -0.1) is 11.3 Å². The minimum Gasteiger partial charge on any atom is -0.496 e. The van der Waals surface area contributed by atoms with Crippen LogP contribution < -0.4 is 10.1 Å². The van der Waals surface area contributed by atoms with Gasteiger partial charge in [0, 0.05) is 57.3 Å². The molecule has 3 aromatic heterocycles. The van der Waals surface area contributed by atoms with Crippen LogP contribution in [0.1, 0.15) is 78.3 Å². The van der Waals surface area contributed by atoms with Crippen LogP contribution in [0.3, 0.4) is 0 Å². The number of hydrogen-bond donors (Lipinski definition) is 2. The van der Waals surface area contributed by atoms with Gasteiger partial charge in [0.25, 0.3) is 11.8 Å². The van der Waals surface area contributed by atoms with E-state index in [0.29, 0.717) is 30.3 Å². The van der Waals surface area contributed by atoms with Crippen LogP contribution in [0.2, 0.25) is 0 Å². The molecule has 2 aromatic carbocycles. The molecule has 2 saturated carbocycles. The quantitative estimate of drug-likeness (QED) is 0.177. The summed E-state index contributed by atoms with van der Waals surface area (Å²) in [6.07, 6.45) is 3.19. The normalized spacial score (nSPS) is 20.9. The maximum atomic E-state index is 14.3. The van der Waals surface area contributed by atoms with Gasteiger partial charge < -0.3 is 24.6 Å². The number of carbonyl (C=O) groups excluding carboxylic acids is 2. The first kappa shape index (κ1) is 33.0. The number of aromatic nitrogens is 2. The first-order valence-electron chi connectivity index (χ1n) is 18.3. The lowest BCUT2D eigenvalue weighted by Crippen LogP contribution is -2.55. The third-order valence-corrected chi connectivity index (χ3v) is 13.0. The minimum atomic E-state index is -0.933. The largest absolute Gasteiger partial charge is 0.496 e.